The van der Waals surface area contributed by atoms with Crippen LogP contribution in [0.2, 0.25) is 0 Å². The van der Waals surface area contributed by atoms with Gasteiger partial charge in [0.05, 0.1) is 17.1 Å². The van der Waals surface area contributed by atoms with Gasteiger partial charge in [-0.25, -0.2) is 23.1 Å². The Hall–Kier alpha value is -4.67. The van der Waals surface area contributed by atoms with Gasteiger partial charge in [0.25, 0.3) is 0 Å². The number of aromatic nitrogens is 3. The molecule has 1 fully saturated rings. The summed E-state index contributed by atoms with van der Waals surface area (Å²) in [6.45, 7) is 15.9. The van der Waals surface area contributed by atoms with Gasteiger partial charge in [0, 0.05) is 37.6 Å². The van der Waals surface area contributed by atoms with Crippen molar-refractivity contribution in [2.24, 2.45) is 10.9 Å². The maximum Gasteiger partial charge on any atom is 0.355 e. The molecule has 2 aliphatic heterocycles. The number of amides is 1. The maximum absolute atomic E-state index is 16.2. The van der Waals surface area contributed by atoms with Crippen LogP contribution in [0.5, 0.6) is 5.75 Å². The monoisotopic (exact) mass is 616 g/mol. The van der Waals surface area contributed by atoms with E-state index in [1.54, 1.807) is 17.2 Å². The number of pyridine rings is 1. The second kappa shape index (κ2) is 13.1. The zero-order valence-corrected chi connectivity index (χ0v) is 26.1. The molecule has 0 saturated carbocycles. The number of allylic oxidation sites excluding steroid dienone is 3. The van der Waals surface area contributed by atoms with Crippen LogP contribution in [-0.2, 0) is 4.79 Å². The number of hydrogen-bond acceptors (Lipinski definition) is 7. The molecule has 2 bridgehead atoms. The fraction of sp³-hybridized carbons (Fsp3) is 0.382. The van der Waals surface area contributed by atoms with Gasteiger partial charge in [-0.2, -0.15) is 4.98 Å². The molecule has 236 valence electrons. The zero-order chi connectivity index (χ0) is 32.4. The fourth-order valence-corrected chi connectivity index (χ4v) is 6.22. The van der Waals surface area contributed by atoms with E-state index >= 15 is 8.78 Å². The molecule has 0 unspecified atom stereocenters. The number of anilines is 1. The first-order valence-electron chi connectivity index (χ1n) is 15.2. The van der Waals surface area contributed by atoms with E-state index in [0.29, 0.717) is 44.6 Å². The summed E-state index contributed by atoms with van der Waals surface area (Å²) >= 11 is 0. The number of ether oxygens (including phenoxy) is 1. The highest BCUT2D eigenvalue weighted by atomic mass is 19.1. The lowest BCUT2D eigenvalue weighted by Crippen LogP contribution is -2.54. The quantitative estimate of drug-likeness (QED) is 0.258. The van der Waals surface area contributed by atoms with E-state index in [1.807, 2.05) is 38.7 Å². The first-order chi connectivity index (χ1) is 21.5. The second-order valence-electron chi connectivity index (χ2n) is 11.8. The highest BCUT2D eigenvalue weighted by molar-refractivity contribution is 5.92. The van der Waals surface area contributed by atoms with Crippen molar-refractivity contribution in [2.75, 3.05) is 24.5 Å². The average molecular weight is 617 g/mol. The van der Waals surface area contributed by atoms with Gasteiger partial charge in [0.15, 0.2) is 11.5 Å². The standard InChI is InChI=1S/C34H38F2N6O3/c1-7-28(43)40-16-17-41(21(4)19-40)32-24-18-26(36)30-29-25(35)12-9-13-27(29)45-22(5)10-8-11-23(14-15-37-6)31(20(2)3)42(33(24)38-30)34(44)39-32/h7,9,12-15,18,20-22H,1,6,8,10-11,16-17,19H2,2-5H3/b15-14-,31-23+/t21-,22+/m0/s1. The number of aliphatic imine (C=N–C) groups is 1. The third-order valence-electron chi connectivity index (χ3n) is 8.28. The number of hydrogen-bond donors (Lipinski definition) is 0. The van der Waals surface area contributed by atoms with E-state index in [1.165, 1.54) is 28.8 Å². The van der Waals surface area contributed by atoms with Crippen LogP contribution in [0.25, 0.3) is 28.0 Å². The lowest BCUT2D eigenvalue weighted by Gasteiger charge is -2.40. The second-order valence-corrected chi connectivity index (χ2v) is 11.8. The highest BCUT2D eigenvalue weighted by Crippen LogP contribution is 2.38. The van der Waals surface area contributed by atoms with E-state index < -0.39 is 17.3 Å². The number of benzene rings is 1. The van der Waals surface area contributed by atoms with Gasteiger partial charge >= 0.3 is 5.69 Å². The van der Waals surface area contributed by atoms with Crippen molar-refractivity contribution in [3.63, 3.8) is 0 Å². The molecule has 5 rings (SSSR count). The molecule has 45 heavy (non-hydrogen) atoms. The minimum absolute atomic E-state index is 0.115. The van der Waals surface area contributed by atoms with Gasteiger partial charge in [0.1, 0.15) is 23.1 Å². The molecule has 1 saturated heterocycles. The number of rotatable bonds is 5. The van der Waals surface area contributed by atoms with Crippen LogP contribution < -0.4 is 15.3 Å². The van der Waals surface area contributed by atoms with E-state index in [9.17, 15) is 9.59 Å². The van der Waals surface area contributed by atoms with Crippen LogP contribution in [0, 0.1) is 17.6 Å². The molecule has 9 nitrogen and oxygen atoms in total. The average Bonchev–Trinajstić information content (AvgIpc) is 3.00. The van der Waals surface area contributed by atoms with Crippen molar-refractivity contribution in [3.05, 3.63) is 76.9 Å². The molecule has 3 aromatic rings. The Kier molecular flexibility index (Phi) is 9.27. The first-order valence-corrected chi connectivity index (χ1v) is 15.2. The molecule has 2 aliphatic rings. The Balaban J connectivity index is 1.87. The van der Waals surface area contributed by atoms with Crippen LogP contribution >= 0.6 is 0 Å². The van der Waals surface area contributed by atoms with Crippen molar-refractivity contribution in [2.45, 2.75) is 59.1 Å². The number of nitrogens with zero attached hydrogens (tertiary/aromatic N) is 6. The molecule has 2 aromatic heterocycles. The van der Waals surface area contributed by atoms with Crippen LogP contribution in [0.1, 0.15) is 47.0 Å². The summed E-state index contributed by atoms with van der Waals surface area (Å²) in [6.07, 6.45) is 6.22. The predicted molar refractivity (Wildman–Crippen MR) is 173 cm³/mol. The topological polar surface area (TPSA) is 92.9 Å². The van der Waals surface area contributed by atoms with Crippen molar-refractivity contribution >= 4 is 35.2 Å². The summed E-state index contributed by atoms with van der Waals surface area (Å²) in [5.74, 6) is -1.44. The van der Waals surface area contributed by atoms with Crippen LogP contribution in [0.4, 0.5) is 14.6 Å². The van der Waals surface area contributed by atoms with Gasteiger partial charge in [-0.05, 0) is 81.7 Å². The third kappa shape index (κ3) is 6.16. The van der Waals surface area contributed by atoms with Gasteiger partial charge in [-0.3, -0.25) is 9.79 Å². The molecular formula is C34H38F2N6O3. The first kappa shape index (κ1) is 31.7. The molecule has 1 aromatic carbocycles. The Morgan fingerprint density at radius 1 is 1.18 bits per heavy atom. The van der Waals surface area contributed by atoms with E-state index in [0.717, 1.165) is 5.57 Å². The van der Waals surface area contributed by atoms with E-state index in [2.05, 4.69) is 23.3 Å². The molecule has 0 radical (unpaired) electrons. The number of halogens is 2. The molecule has 2 atom stereocenters. The van der Waals surface area contributed by atoms with Gasteiger partial charge in [-0.15, -0.1) is 0 Å². The Morgan fingerprint density at radius 3 is 2.64 bits per heavy atom. The van der Waals surface area contributed by atoms with Crippen LogP contribution in [-0.4, -0.2) is 63.8 Å². The summed E-state index contributed by atoms with van der Waals surface area (Å²) in [5.41, 5.74) is 0.605. The summed E-state index contributed by atoms with van der Waals surface area (Å²) in [6, 6.07) is 5.35. The summed E-state index contributed by atoms with van der Waals surface area (Å²) in [5, 5.41) is 0.288. The van der Waals surface area contributed by atoms with Crippen molar-refractivity contribution < 1.29 is 18.3 Å². The minimum Gasteiger partial charge on any atom is -0.490 e. The van der Waals surface area contributed by atoms with Crippen LogP contribution in [0.15, 0.2) is 64.6 Å². The molecule has 0 N–H and O–H groups in total. The smallest absolute Gasteiger partial charge is 0.355 e. The summed E-state index contributed by atoms with van der Waals surface area (Å²) < 4.78 is 39.4. The Bertz CT molecular complexity index is 1780. The minimum atomic E-state index is -0.785. The fourth-order valence-electron chi connectivity index (χ4n) is 6.22. The summed E-state index contributed by atoms with van der Waals surface area (Å²) in [4.78, 5) is 43.2. The van der Waals surface area contributed by atoms with Crippen LogP contribution in [0.3, 0.4) is 0 Å². The zero-order valence-electron chi connectivity index (χ0n) is 26.1. The van der Waals surface area contributed by atoms with Crippen molar-refractivity contribution in [1.29, 1.82) is 0 Å². The Morgan fingerprint density at radius 2 is 1.96 bits per heavy atom. The number of piperazine rings is 1. The third-order valence-corrected chi connectivity index (χ3v) is 8.28. The van der Waals surface area contributed by atoms with E-state index in [-0.39, 0.29) is 57.8 Å². The number of carbonyl (C=O) groups excluding carboxylic acids is 1. The van der Waals surface area contributed by atoms with Gasteiger partial charge < -0.3 is 14.5 Å². The number of fused-ring (bicyclic) bond motifs is 3. The molecule has 1 amide bonds. The normalized spacial score (nSPS) is 20.9. The lowest BCUT2D eigenvalue weighted by molar-refractivity contribution is -0.126. The van der Waals surface area contributed by atoms with Crippen molar-refractivity contribution in [3.8, 4) is 17.0 Å². The molecule has 11 heteroatoms. The predicted octanol–water partition coefficient (Wildman–Crippen LogP) is 5.99. The summed E-state index contributed by atoms with van der Waals surface area (Å²) in [7, 11) is 0. The SMILES string of the molecule is C=CC(=O)N1CCN(c2nc(=O)n3c4nc(c(F)cc24)-c2c(F)cccc2O[C@H](C)CCCC(/C=C\N=C)=C\3C(C)C)[C@@H](C)C1. The highest BCUT2D eigenvalue weighted by Gasteiger charge is 2.31. The molecule has 4 heterocycles. The Labute approximate surface area is 261 Å². The van der Waals surface area contributed by atoms with Gasteiger partial charge in [-0.1, -0.05) is 26.5 Å². The molecule has 0 spiro atoms. The maximum atomic E-state index is 16.2. The molecular weight excluding hydrogens is 578 g/mol. The number of carbonyl (C=O) groups is 1. The largest absolute Gasteiger partial charge is 0.490 e. The van der Waals surface area contributed by atoms with Gasteiger partial charge in [0.2, 0.25) is 5.91 Å². The molecule has 0 aliphatic carbocycles. The van der Waals surface area contributed by atoms with E-state index in [4.69, 9.17) is 9.72 Å². The lowest BCUT2D eigenvalue weighted by atomic mass is 9.98. The van der Waals surface area contributed by atoms with Crippen molar-refractivity contribution in [1.82, 2.24) is 19.4 Å².